The van der Waals surface area contributed by atoms with Crippen LogP contribution in [0.5, 0.6) is 0 Å². The van der Waals surface area contributed by atoms with Crippen molar-refractivity contribution in [3.8, 4) is 11.3 Å². The fourth-order valence-corrected chi connectivity index (χ4v) is 1.31. The van der Waals surface area contributed by atoms with E-state index in [0.717, 1.165) is 5.69 Å². The van der Waals surface area contributed by atoms with E-state index in [9.17, 15) is 0 Å². The lowest BCUT2D eigenvalue weighted by Gasteiger charge is -1.95. The van der Waals surface area contributed by atoms with Crippen molar-refractivity contribution in [1.29, 1.82) is 0 Å². The molecule has 0 unspecified atom stereocenters. The van der Waals surface area contributed by atoms with Gasteiger partial charge in [0.05, 0.1) is 0 Å². The molecule has 0 radical (unpaired) electrons. The number of benzene rings is 1. The summed E-state index contributed by atoms with van der Waals surface area (Å²) in [6.45, 7) is 2.10. The van der Waals surface area contributed by atoms with Crippen LogP contribution in [-0.2, 0) is 0 Å². The zero-order valence-electron chi connectivity index (χ0n) is 7.62. The van der Waals surface area contributed by atoms with Crippen molar-refractivity contribution in [2.24, 2.45) is 0 Å². The highest BCUT2D eigenvalue weighted by Gasteiger charge is 2.01. The number of hydrogen-bond acceptors (Lipinski definition) is 0. The molecule has 1 heteroatoms. The van der Waals surface area contributed by atoms with E-state index in [0.29, 0.717) is 0 Å². The van der Waals surface area contributed by atoms with E-state index in [2.05, 4.69) is 42.2 Å². The number of nitrogens with one attached hydrogen (secondary N) is 1. The van der Waals surface area contributed by atoms with Crippen LogP contribution in [0.2, 0.25) is 0 Å². The Morgan fingerprint density at radius 1 is 0.923 bits per heavy atom. The highest BCUT2D eigenvalue weighted by molar-refractivity contribution is 5.55. The van der Waals surface area contributed by atoms with E-state index in [-0.39, 0.29) is 0 Å². The lowest BCUT2D eigenvalue weighted by Crippen LogP contribution is -2.03. The van der Waals surface area contributed by atoms with Gasteiger partial charge in [0.1, 0.15) is 0 Å². The molecule has 0 saturated heterocycles. The zero-order chi connectivity index (χ0) is 9.10. The fourth-order valence-electron chi connectivity index (χ4n) is 1.31. The molecule has 0 aliphatic carbocycles. The van der Waals surface area contributed by atoms with Crippen LogP contribution in [0.1, 0.15) is 5.56 Å². The van der Waals surface area contributed by atoms with Crippen LogP contribution in [0.3, 0.4) is 0 Å². The second-order valence-electron chi connectivity index (χ2n) is 3.14. The summed E-state index contributed by atoms with van der Waals surface area (Å²) in [6.07, 6.45) is 1.94. The van der Waals surface area contributed by atoms with Crippen LogP contribution in [0, 0.1) is 6.92 Å². The largest absolute Gasteiger partial charge is 0.211 e. The first-order valence-electron chi connectivity index (χ1n) is 4.40. The molecular formula is C12H12N+. The number of aryl methyl sites for hydroxylation is 1. The van der Waals surface area contributed by atoms with Gasteiger partial charge in [-0.1, -0.05) is 17.7 Å². The first kappa shape index (κ1) is 7.99. The molecule has 2 rings (SSSR count). The molecular weight excluding hydrogens is 158 g/mol. The van der Waals surface area contributed by atoms with Gasteiger partial charge in [-0.05, 0) is 25.1 Å². The standard InChI is InChI=1S/C12H11N/c1-10-5-7-11(8-6-10)12-4-2-3-9-13-12/h2-9H,1H3/p+1. The SMILES string of the molecule is Cc1ccc(-c2cccc[nH+]2)cc1. The summed E-state index contributed by atoms with van der Waals surface area (Å²) in [6, 6.07) is 14.6. The van der Waals surface area contributed by atoms with E-state index in [4.69, 9.17) is 0 Å². The molecule has 0 spiro atoms. The highest BCUT2D eigenvalue weighted by Crippen LogP contribution is 2.13. The number of aromatic amines is 1. The zero-order valence-corrected chi connectivity index (χ0v) is 7.62. The lowest BCUT2D eigenvalue weighted by atomic mass is 10.1. The Balaban J connectivity index is 2.42. The summed E-state index contributed by atoms with van der Waals surface area (Å²) >= 11 is 0. The average molecular weight is 170 g/mol. The summed E-state index contributed by atoms with van der Waals surface area (Å²) in [5.41, 5.74) is 3.67. The van der Waals surface area contributed by atoms with Crippen molar-refractivity contribution >= 4 is 0 Å². The summed E-state index contributed by atoms with van der Waals surface area (Å²) in [5.74, 6) is 0. The molecule has 0 fully saturated rings. The summed E-state index contributed by atoms with van der Waals surface area (Å²) in [7, 11) is 0. The molecule has 13 heavy (non-hydrogen) atoms. The third-order valence-corrected chi connectivity index (χ3v) is 2.07. The predicted octanol–water partition coefficient (Wildman–Crippen LogP) is 2.48. The van der Waals surface area contributed by atoms with Gasteiger partial charge in [-0.15, -0.1) is 0 Å². The van der Waals surface area contributed by atoms with Gasteiger partial charge in [-0.3, -0.25) is 0 Å². The van der Waals surface area contributed by atoms with Gasteiger partial charge >= 0.3 is 0 Å². The molecule has 1 nitrogen and oxygen atoms in total. The number of rotatable bonds is 1. The first-order valence-corrected chi connectivity index (χ1v) is 4.40. The molecule has 64 valence electrons. The molecule has 2 aromatic rings. The van der Waals surface area contributed by atoms with Crippen molar-refractivity contribution < 1.29 is 4.98 Å². The van der Waals surface area contributed by atoms with Gasteiger partial charge in [0.25, 0.3) is 0 Å². The molecule has 1 aromatic carbocycles. The molecule has 1 N–H and O–H groups in total. The summed E-state index contributed by atoms with van der Waals surface area (Å²) < 4.78 is 0. The van der Waals surface area contributed by atoms with Crippen LogP contribution < -0.4 is 4.98 Å². The van der Waals surface area contributed by atoms with Gasteiger partial charge in [-0.2, -0.15) is 0 Å². The molecule has 1 heterocycles. The Morgan fingerprint density at radius 2 is 1.69 bits per heavy atom. The normalized spacial score (nSPS) is 9.92. The number of hydrogen-bond donors (Lipinski definition) is 0. The molecule has 0 aliphatic rings. The minimum absolute atomic E-state index is 1.16. The van der Waals surface area contributed by atoms with Crippen molar-refractivity contribution in [3.05, 3.63) is 54.2 Å². The minimum Gasteiger partial charge on any atom is -0.211 e. The number of H-pyrrole nitrogens is 1. The first-order chi connectivity index (χ1) is 6.36. The molecule has 0 amide bonds. The van der Waals surface area contributed by atoms with E-state index in [1.54, 1.807) is 0 Å². The molecule has 0 saturated carbocycles. The summed E-state index contributed by atoms with van der Waals surface area (Å²) in [5, 5.41) is 0. The third-order valence-electron chi connectivity index (χ3n) is 2.07. The number of aromatic nitrogens is 1. The predicted molar refractivity (Wildman–Crippen MR) is 53.2 cm³/mol. The Kier molecular flexibility index (Phi) is 2.09. The lowest BCUT2D eigenvalue weighted by molar-refractivity contribution is -0.364. The van der Waals surface area contributed by atoms with E-state index >= 15 is 0 Å². The Labute approximate surface area is 78.1 Å². The van der Waals surface area contributed by atoms with Gasteiger partial charge in [0, 0.05) is 17.7 Å². The van der Waals surface area contributed by atoms with Crippen molar-refractivity contribution in [2.45, 2.75) is 6.92 Å². The van der Waals surface area contributed by atoms with Gasteiger partial charge in [0.15, 0.2) is 6.20 Å². The van der Waals surface area contributed by atoms with Crippen LogP contribution in [0.15, 0.2) is 48.7 Å². The van der Waals surface area contributed by atoms with Crippen molar-refractivity contribution in [2.75, 3.05) is 0 Å². The van der Waals surface area contributed by atoms with E-state index in [1.165, 1.54) is 11.1 Å². The molecule has 0 bridgehead atoms. The summed E-state index contributed by atoms with van der Waals surface area (Å²) in [4.78, 5) is 3.20. The van der Waals surface area contributed by atoms with Gasteiger partial charge < -0.3 is 0 Å². The van der Waals surface area contributed by atoms with E-state index < -0.39 is 0 Å². The Bertz CT molecular complexity index is 376. The molecule has 0 aliphatic heterocycles. The van der Waals surface area contributed by atoms with Crippen LogP contribution in [0.4, 0.5) is 0 Å². The Hall–Kier alpha value is -1.63. The van der Waals surface area contributed by atoms with Crippen LogP contribution in [0.25, 0.3) is 11.3 Å². The smallest absolute Gasteiger partial charge is 0.210 e. The van der Waals surface area contributed by atoms with Crippen LogP contribution >= 0.6 is 0 Å². The topological polar surface area (TPSA) is 14.1 Å². The van der Waals surface area contributed by atoms with Crippen LogP contribution in [-0.4, -0.2) is 0 Å². The third kappa shape index (κ3) is 1.75. The monoisotopic (exact) mass is 170 g/mol. The maximum Gasteiger partial charge on any atom is 0.210 e. The van der Waals surface area contributed by atoms with Crippen molar-refractivity contribution in [3.63, 3.8) is 0 Å². The highest BCUT2D eigenvalue weighted by atomic mass is 14.7. The van der Waals surface area contributed by atoms with Crippen molar-refractivity contribution in [1.82, 2.24) is 0 Å². The second kappa shape index (κ2) is 3.40. The average Bonchev–Trinajstić information content (AvgIpc) is 2.20. The molecule has 0 atom stereocenters. The minimum atomic E-state index is 1.16. The van der Waals surface area contributed by atoms with Gasteiger partial charge in [-0.25, -0.2) is 4.98 Å². The van der Waals surface area contributed by atoms with E-state index in [1.807, 2.05) is 18.3 Å². The van der Waals surface area contributed by atoms with Gasteiger partial charge in [0.2, 0.25) is 5.69 Å². The quantitative estimate of drug-likeness (QED) is 0.624. The number of pyridine rings is 1. The maximum atomic E-state index is 3.20. The maximum absolute atomic E-state index is 3.20. The fraction of sp³-hybridized carbons (Fsp3) is 0.0833. The molecule has 1 aromatic heterocycles. The Morgan fingerprint density at radius 3 is 2.31 bits per heavy atom. The second-order valence-corrected chi connectivity index (χ2v) is 3.14.